The van der Waals surface area contributed by atoms with E-state index in [1.165, 1.54) is 12.8 Å². The van der Waals surface area contributed by atoms with Crippen molar-refractivity contribution in [3.05, 3.63) is 35.1 Å². The van der Waals surface area contributed by atoms with Gasteiger partial charge in [0.15, 0.2) is 0 Å². The maximum absolute atomic E-state index is 13.4. The summed E-state index contributed by atoms with van der Waals surface area (Å²) in [7, 11) is 1.75. The molecule has 100 valence electrons. The minimum Gasteiger partial charge on any atom is -0.385 e. The summed E-state index contributed by atoms with van der Waals surface area (Å²) < 4.78 is 18.5. The van der Waals surface area contributed by atoms with Crippen molar-refractivity contribution < 1.29 is 9.13 Å². The van der Waals surface area contributed by atoms with Crippen LogP contribution in [0, 0.1) is 18.2 Å². The van der Waals surface area contributed by atoms with E-state index < -0.39 is 0 Å². The van der Waals surface area contributed by atoms with Crippen LogP contribution in [0.4, 0.5) is 4.39 Å². The molecule has 1 fully saturated rings. The van der Waals surface area contributed by atoms with Crippen LogP contribution in [-0.4, -0.2) is 20.3 Å². The number of benzene rings is 1. The van der Waals surface area contributed by atoms with Gasteiger partial charge in [0.1, 0.15) is 5.82 Å². The average molecular weight is 251 g/mol. The van der Waals surface area contributed by atoms with Gasteiger partial charge >= 0.3 is 0 Å². The molecule has 1 aromatic rings. The zero-order valence-electron chi connectivity index (χ0n) is 11.3. The lowest BCUT2D eigenvalue weighted by Gasteiger charge is -2.15. The number of nitrogens with one attached hydrogen (secondary N) is 1. The van der Waals surface area contributed by atoms with Gasteiger partial charge in [-0.05, 0) is 48.8 Å². The lowest BCUT2D eigenvalue weighted by Crippen LogP contribution is -2.24. The lowest BCUT2D eigenvalue weighted by molar-refractivity contribution is 0.171. The second-order valence-corrected chi connectivity index (χ2v) is 5.43. The molecule has 0 spiro atoms. The lowest BCUT2D eigenvalue weighted by atomic mass is 10.0. The molecule has 1 aliphatic rings. The molecule has 18 heavy (non-hydrogen) atoms. The SMILES string of the molecule is COCCC1(CNCc2ccc(C)c(F)c2)CC1. The van der Waals surface area contributed by atoms with Gasteiger partial charge in [-0.2, -0.15) is 0 Å². The molecule has 0 radical (unpaired) electrons. The van der Waals surface area contributed by atoms with Crippen molar-refractivity contribution in [3.63, 3.8) is 0 Å². The summed E-state index contributed by atoms with van der Waals surface area (Å²) in [5.41, 5.74) is 2.16. The molecule has 0 unspecified atom stereocenters. The Morgan fingerprint density at radius 1 is 1.39 bits per heavy atom. The van der Waals surface area contributed by atoms with E-state index in [4.69, 9.17) is 4.74 Å². The number of aryl methyl sites for hydroxylation is 1. The number of hydrogen-bond donors (Lipinski definition) is 1. The smallest absolute Gasteiger partial charge is 0.126 e. The minimum atomic E-state index is -0.116. The zero-order valence-corrected chi connectivity index (χ0v) is 11.3. The Bertz CT molecular complexity index is 401. The topological polar surface area (TPSA) is 21.3 Å². The first-order chi connectivity index (χ1) is 8.65. The van der Waals surface area contributed by atoms with E-state index in [0.29, 0.717) is 11.0 Å². The summed E-state index contributed by atoms with van der Waals surface area (Å²) in [5.74, 6) is -0.116. The third-order valence-corrected chi connectivity index (χ3v) is 3.86. The third kappa shape index (κ3) is 3.53. The molecular weight excluding hydrogens is 229 g/mol. The second-order valence-electron chi connectivity index (χ2n) is 5.43. The van der Waals surface area contributed by atoms with Crippen LogP contribution in [-0.2, 0) is 11.3 Å². The third-order valence-electron chi connectivity index (χ3n) is 3.86. The van der Waals surface area contributed by atoms with Gasteiger partial charge in [0.25, 0.3) is 0 Å². The van der Waals surface area contributed by atoms with Crippen molar-refractivity contribution in [1.82, 2.24) is 5.32 Å². The van der Waals surface area contributed by atoms with Crippen LogP contribution in [0.1, 0.15) is 30.4 Å². The molecule has 0 heterocycles. The molecule has 0 aromatic heterocycles. The summed E-state index contributed by atoms with van der Waals surface area (Å²) in [4.78, 5) is 0. The van der Waals surface area contributed by atoms with Crippen molar-refractivity contribution in [2.75, 3.05) is 20.3 Å². The van der Waals surface area contributed by atoms with Gasteiger partial charge in [-0.15, -0.1) is 0 Å². The molecule has 0 aliphatic heterocycles. The van der Waals surface area contributed by atoms with Gasteiger partial charge in [-0.1, -0.05) is 12.1 Å². The van der Waals surface area contributed by atoms with Crippen LogP contribution < -0.4 is 5.32 Å². The first kappa shape index (κ1) is 13.5. The standard InChI is InChI=1S/C15H22FNO/c1-12-3-4-13(9-14(12)16)10-17-11-15(5-6-15)7-8-18-2/h3-4,9,17H,5-8,10-11H2,1-2H3. The largest absolute Gasteiger partial charge is 0.385 e. The van der Waals surface area contributed by atoms with E-state index in [1.54, 1.807) is 20.1 Å². The Labute approximate surface area is 109 Å². The van der Waals surface area contributed by atoms with Crippen LogP contribution in [0.2, 0.25) is 0 Å². The van der Waals surface area contributed by atoms with Crippen LogP contribution >= 0.6 is 0 Å². The van der Waals surface area contributed by atoms with Crippen molar-refractivity contribution in [2.45, 2.75) is 32.7 Å². The monoisotopic (exact) mass is 251 g/mol. The van der Waals surface area contributed by atoms with E-state index in [1.807, 2.05) is 12.1 Å². The van der Waals surface area contributed by atoms with E-state index in [2.05, 4.69) is 5.32 Å². The molecule has 0 atom stereocenters. The number of ether oxygens (including phenoxy) is 1. The highest BCUT2D eigenvalue weighted by Gasteiger charge is 2.41. The molecule has 2 rings (SSSR count). The van der Waals surface area contributed by atoms with Gasteiger partial charge < -0.3 is 10.1 Å². The Morgan fingerprint density at radius 3 is 2.78 bits per heavy atom. The first-order valence-electron chi connectivity index (χ1n) is 6.60. The van der Waals surface area contributed by atoms with Crippen molar-refractivity contribution in [3.8, 4) is 0 Å². The Kier molecular flexibility index (Phi) is 4.36. The average Bonchev–Trinajstić information content (AvgIpc) is 3.12. The fraction of sp³-hybridized carbons (Fsp3) is 0.600. The minimum absolute atomic E-state index is 0.116. The van der Waals surface area contributed by atoms with Gasteiger partial charge in [0.05, 0.1) is 0 Å². The first-order valence-corrected chi connectivity index (χ1v) is 6.60. The molecule has 1 aromatic carbocycles. The highest BCUT2D eigenvalue weighted by atomic mass is 19.1. The molecule has 0 saturated heterocycles. The van der Waals surface area contributed by atoms with Crippen molar-refractivity contribution in [2.24, 2.45) is 5.41 Å². The van der Waals surface area contributed by atoms with Crippen molar-refractivity contribution >= 4 is 0 Å². The maximum atomic E-state index is 13.4. The maximum Gasteiger partial charge on any atom is 0.126 e. The predicted octanol–water partition coefficient (Wildman–Crippen LogP) is 3.04. The second kappa shape index (κ2) is 5.81. The molecular formula is C15H22FNO. The van der Waals surface area contributed by atoms with Crippen molar-refractivity contribution in [1.29, 1.82) is 0 Å². The van der Waals surface area contributed by atoms with Gasteiger partial charge in [0.2, 0.25) is 0 Å². The molecule has 0 amide bonds. The quantitative estimate of drug-likeness (QED) is 0.804. The molecule has 2 nitrogen and oxygen atoms in total. The number of methoxy groups -OCH3 is 1. The van der Waals surface area contributed by atoms with Crippen LogP contribution in [0.15, 0.2) is 18.2 Å². The molecule has 1 aliphatic carbocycles. The van der Waals surface area contributed by atoms with Crippen LogP contribution in [0.25, 0.3) is 0 Å². The fourth-order valence-corrected chi connectivity index (χ4v) is 2.23. The fourth-order valence-electron chi connectivity index (χ4n) is 2.23. The summed E-state index contributed by atoms with van der Waals surface area (Å²) in [6, 6.07) is 5.45. The van der Waals surface area contributed by atoms with E-state index in [0.717, 1.165) is 31.7 Å². The highest BCUT2D eigenvalue weighted by molar-refractivity contribution is 5.23. The van der Waals surface area contributed by atoms with Gasteiger partial charge in [-0.3, -0.25) is 0 Å². The van der Waals surface area contributed by atoms with E-state index in [-0.39, 0.29) is 5.82 Å². The summed E-state index contributed by atoms with van der Waals surface area (Å²) in [5, 5.41) is 3.44. The van der Waals surface area contributed by atoms with Crippen LogP contribution in [0.3, 0.4) is 0 Å². The number of hydrogen-bond acceptors (Lipinski definition) is 2. The Balaban J connectivity index is 1.76. The molecule has 3 heteroatoms. The predicted molar refractivity (Wildman–Crippen MR) is 71.0 cm³/mol. The summed E-state index contributed by atoms with van der Waals surface area (Å²) in [6.07, 6.45) is 3.69. The molecule has 1 saturated carbocycles. The number of halogens is 1. The number of rotatable bonds is 7. The Morgan fingerprint density at radius 2 is 2.17 bits per heavy atom. The molecule has 1 N–H and O–H groups in total. The molecule has 0 bridgehead atoms. The van der Waals surface area contributed by atoms with Gasteiger partial charge in [0, 0.05) is 26.8 Å². The Hall–Kier alpha value is -0.930. The normalized spacial score (nSPS) is 16.8. The van der Waals surface area contributed by atoms with Crippen LogP contribution in [0.5, 0.6) is 0 Å². The zero-order chi connectivity index (χ0) is 13.0. The van der Waals surface area contributed by atoms with Gasteiger partial charge in [-0.25, -0.2) is 4.39 Å². The van der Waals surface area contributed by atoms with E-state index >= 15 is 0 Å². The summed E-state index contributed by atoms with van der Waals surface area (Å²) in [6.45, 7) is 4.37. The summed E-state index contributed by atoms with van der Waals surface area (Å²) >= 11 is 0. The highest BCUT2D eigenvalue weighted by Crippen LogP contribution is 2.48. The van der Waals surface area contributed by atoms with E-state index in [9.17, 15) is 4.39 Å².